The van der Waals surface area contributed by atoms with Gasteiger partial charge in [-0.05, 0) is 23.8 Å². The van der Waals surface area contributed by atoms with Crippen LogP contribution in [0.2, 0.25) is 0 Å². The summed E-state index contributed by atoms with van der Waals surface area (Å²) < 4.78 is 31.6. The van der Waals surface area contributed by atoms with Crippen LogP contribution in [-0.4, -0.2) is 70.7 Å². The standard InChI is InChI=1S/C21H27N3O5S/c1-23(2)30(27,28)17-8-9-19(24-10-12-29-13-11-24)18(14-17)21(26)22-15-20(25)16-6-4-3-5-7-16/h3-9,14,20,25H,10-13,15H2,1-2H3,(H,22,26). The van der Waals surface area contributed by atoms with E-state index in [1.54, 1.807) is 18.2 Å². The van der Waals surface area contributed by atoms with Crippen LogP contribution < -0.4 is 10.2 Å². The smallest absolute Gasteiger partial charge is 0.253 e. The van der Waals surface area contributed by atoms with E-state index in [4.69, 9.17) is 4.74 Å². The second-order valence-corrected chi connectivity index (χ2v) is 9.35. The van der Waals surface area contributed by atoms with Gasteiger partial charge in [0.25, 0.3) is 5.91 Å². The van der Waals surface area contributed by atoms with Gasteiger partial charge in [0.1, 0.15) is 0 Å². The van der Waals surface area contributed by atoms with Crippen LogP contribution in [0.5, 0.6) is 0 Å². The van der Waals surface area contributed by atoms with Crippen LogP contribution in [0.1, 0.15) is 22.0 Å². The lowest BCUT2D eigenvalue weighted by Gasteiger charge is -2.30. The molecule has 0 saturated carbocycles. The van der Waals surface area contributed by atoms with Gasteiger partial charge >= 0.3 is 0 Å². The molecule has 2 aromatic rings. The molecule has 2 aromatic carbocycles. The van der Waals surface area contributed by atoms with Crippen LogP contribution in [0.15, 0.2) is 53.4 Å². The molecular formula is C21H27N3O5S. The van der Waals surface area contributed by atoms with Crippen molar-refractivity contribution < 1.29 is 23.1 Å². The Balaban J connectivity index is 1.87. The van der Waals surface area contributed by atoms with E-state index in [1.807, 2.05) is 23.1 Å². The van der Waals surface area contributed by atoms with Gasteiger partial charge in [-0.3, -0.25) is 4.79 Å². The average molecular weight is 434 g/mol. The van der Waals surface area contributed by atoms with E-state index in [1.165, 1.54) is 26.2 Å². The van der Waals surface area contributed by atoms with Gasteiger partial charge in [0.05, 0.1) is 29.8 Å². The van der Waals surface area contributed by atoms with Crippen LogP contribution >= 0.6 is 0 Å². The summed E-state index contributed by atoms with van der Waals surface area (Å²) in [4.78, 5) is 15.0. The summed E-state index contributed by atoms with van der Waals surface area (Å²) in [5.41, 5.74) is 1.58. The number of benzene rings is 2. The van der Waals surface area contributed by atoms with E-state index in [0.29, 0.717) is 37.6 Å². The highest BCUT2D eigenvalue weighted by molar-refractivity contribution is 7.89. The summed E-state index contributed by atoms with van der Waals surface area (Å²) >= 11 is 0. The number of anilines is 1. The van der Waals surface area contributed by atoms with Crippen molar-refractivity contribution in [3.05, 3.63) is 59.7 Å². The number of aliphatic hydroxyl groups excluding tert-OH is 1. The molecule has 9 heteroatoms. The van der Waals surface area contributed by atoms with Crippen LogP contribution in [0.4, 0.5) is 5.69 Å². The molecule has 0 bridgehead atoms. The SMILES string of the molecule is CN(C)S(=O)(=O)c1ccc(N2CCOCC2)c(C(=O)NCC(O)c2ccccc2)c1. The minimum absolute atomic E-state index is 0.00998. The van der Waals surface area contributed by atoms with E-state index in [0.717, 1.165) is 4.31 Å². The number of ether oxygens (including phenoxy) is 1. The van der Waals surface area contributed by atoms with Gasteiger partial charge in [-0.25, -0.2) is 12.7 Å². The van der Waals surface area contributed by atoms with Crippen LogP contribution in [0, 0.1) is 0 Å². The van der Waals surface area contributed by atoms with Gasteiger partial charge in [0.2, 0.25) is 10.0 Å². The molecule has 1 atom stereocenters. The Labute approximate surface area is 177 Å². The number of hydrogen-bond acceptors (Lipinski definition) is 6. The predicted molar refractivity (Wildman–Crippen MR) is 114 cm³/mol. The molecule has 1 aliphatic heterocycles. The summed E-state index contributed by atoms with van der Waals surface area (Å²) in [5, 5.41) is 13.1. The number of nitrogens with one attached hydrogen (secondary N) is 1. The van der Waals surface area contributed by atoms with Crippen molar-refractivity contribution in [1.29, 1.82) is 0 Å². The maximum atomic E-state index is 13.0. The van der Waals surface area contributed by atoms with Crippen LogP contribution in [0.3, 0.4) is 0 Å². The fourth-order valence-electron chi connectivity index (χ4n) is 3.23. The van der Waals surface area contributed by atoms with Crippen molar-refractivity contribution in [3.8, 4) is 0 Å². The molecule has 1 unspecified atom stereocenters. The number of nitrogens with zero attached hydrogens (tertiary/aromatic N) is 2. The molecular weight excluding hydrogens is 406 g/mol. The molecule has 8 nitrogen and oxygen atoms in total. The quantitative estimate of drug-likeness (QED) is 0.682. The number of sulfonamides is 1. The molecule has 0 radical (unpaired) electrons. The molecule has 1 fully saturated rings. The van der Waals surface area contributed by atoms with Crippen molar-refractivity contribution in [1.82, 2.24) is 9.62 Å². The van der Waals surface area contributed by atoms with Gasteiger partial charge in [-0.15, -0.1) is 0 Å². The van der Waals surface area contributed by atoms with Crippen molar-refractivity contribution >= 4 is 21.6 Å². The highest BCUT2D eigenvalue weighted by Crippen LogP contribution is 2.26. The molecule has 162 valence electrons. The predicted octanol–water partition coefficient (Wildman–Crippen LogP) is 1.24. The van der Waals surface area contributed by atoms with Gasteiger partial charge < -0.3 is 20.1 Å². The maximum Gasteiger partial charge on any atom is 0.253 e. The molecule has 0 aromatic heterocycles. The monoisotopic (exact) mass is 433 g/mol. The lowest BCUT2D eigenvalue weighted by atomic mass is 10.1. The Bertz CT molecular complexity index is 973. The third-order valence-electron chi connectivity index (χ3n) is 4.98. The molecule has 30 heavy (non-hydrogen) atoms. The van der Waals surface area contributed by atoms with Crippen molar-refractivity contribution in [3.63, 3.8) is 0 Å². The van der Waals surface area contributed by atoms with Gasteiger partial charge in [-0.2, -0.15) is 0 Å². The summed E-state index contributed by atoms with van der Waals surface area (Å²) in [5.74, 6) is -0.442. The molecule has 0 spiro atoms. The molecule has 1 heterocycles. The van der Waals surface area contributed by atoms with E-state index >= 15 is 0 Å². The summed E-state index contributed by atoms with van der Waals surface area (Å²) in [7, 11) is -0.803. The Morgan fingerprint density at radius 2 is 1.83 bits per heavy atom. The Morgan fingerprint density at radius 3 is 2.47 bits per heavy atom. The topological polar surface area (TPSA) is 99.2 Å². The number of aliphatic hydroxyl groups is 1. The Morgan fingerprint density at radius 1 is 1.17 bits per heavy atom. The minimum atomic E-state index is -3.69. The average Bonchev–Trinajstić information content (AvgIpc) is 2.77. The number of amides is 1. The van der Waals surface area contributed by atoms with Crippen molar-refractivity contribution in [2.45, 2.75) is 11.0 Å². The molecule has 3 rings (SSSR count). The largest absolute Gasteiger partial charge is 0.387 e. The second-order valence-electron chi connectivity index (χ2n) is 7.20. The molecule has 1 aliphatic rings. The first kappa shape index (κ1) is 22.2. The number of rotatable bonds is 7. The van der Waals surface area contributed by atoms with Gasteiger partial charge in [0, 0.05) is 39.4 Å². The van der Waals surface area contributed by atoms with E-state index < -0.39 is 22.0 Å². The van der Waals surface area contributed by atoms with E-state index in [2.05, 4.69) is 5.32 Å². The van der Waals surface area contributed by atoms with Crippen LogP contribution in [0.25, 0.3) is 0 Å². The zero-order valence-corrected chi connectivity index (χ0v) is 17.9. The van der Waals surface area contributed by atoms with E-state index in [-0.39, 0.29) is 17.0 Å². The fraction of sp³-hybridized carbons (Fsp3) is 0.381. The van der Waals surface area contributed by atoms with Gasteiger partial charge in [0.15, 0.2) is 0 Å². The Kier molecular flexibility index (Phi) is 7.09. The van der Waals surface area contributed by atoms with E-state index in [9.17, 15) is 18.3 Å². The number of hydrogen-bond donors (Lipinski definition) is 2. The summed E-state index contributed by atoms with van der Waals surface area (Å²) in [6, 6.07) is 13.6. The third kappa shape index (κ3) is 4.99. The first-order valence-corrected chi connectivity index (χ1v) is 11.1. The lowest BCUT2D eigenvalue weighted by molar-refractivity contribution is 0.0915. The normalized spacial score (nSPS) is 15.8. The highest BCUT2D eigenvalue weighted by atomic mass is 32.2. The summed E-state index contributed by atoms with van der Waals surface area (Å²) in [6.07, 6.45) is -0.865. The van der Waals surface area contributed by atoms with Gasteiger partial charge in [-0.1, -0.05) is 30.3 Å². The second kappa shape index (κ2) is 9.57. The third-order valence-corrected chi connectivity index (χ3v) is 6.79. The molecule has 0 aliphatic carbocycles. The molecule has 1 saturated heterocycles. The zero-order valence-electron chi connectivity index (χ0n) is 17.1. The number of carbonyl (C=O) groups excluding carboxylic acids is 1. The maximum absolute atomic E-state index is 13.0. The van der Waals surface area contributed by atoms with Crippen molar-refractivity contribution in [2.75, 3.05) is 51.8 Å². The molecule has 1 amide bonds. The highest BCUT2D eigenvalue weighted by Gasteiger charge is 2.24. The fourth-order valence-corrected chi connectivity index (χ4v) is 4.15. The first-order chi connectivity index (χ1) is 14.3. The lowest BCUT2D eigenvalue weighted by Crippen LogP contribution is -2.38. The van der Waals surface area contributed by atoms with Crippen molar-refractivity contribution in [2.24, 2.45) is 0 Å². The summed E-state index contributed by atoms with van der Waals surface area (Å²) in [6.45, 7) is 2.28. The van der Waals surface area contributed by atoms with Crippen LogP contribution in [-0.2, 0) is 14.8 Å². The number of morpholine rings is 1. The zero-order chi connectivity index (χ0) is 21.7. The number of carbonyl (C=O) groups is 1. The Hall–Kier alpha value is -2.46. The minimum Gasteiger partial charge on any atom is -0.387 e. The first-order valence-electron chi connectivity index (χ1n) is 9.71. The molecule has 2 N–H and O–H groups in total.